The second kappa shape index (κ2) is 3.77. The van der Waals surface area contributed by atoms with Gasteiger partial charge in [-0.2, -0.15) is 0 Å². The van der Waals surface area contributed by atoms with Crippen LogP contribution in [0, 0.1) is 0 Å². The van der Waals surface area contributed by atoms with Crippen molar-refractivity contribution in [2.45, 2.75) is 13.3 Å². The van der Waals surface area contributed by atoms with Crippen molar-refractivity contribution in [3.05, 3.63) is 28.2 Å². The molecule has 0 N–H and O–H groups in total. The molecule has 0 saturated carbocycles. The lowest BCUT2D eigenvalue weighted by atomic mass is 10.2. The smallest absolute Gasteiger partial charge is 0.133 e. The Labute approximate surface area is 75.5 Å². The summed E-state index contributed by atoms with van der Waals surface area (Å²) in [5.74, 6) is 0.891. The lowest BCUT2D eigenvalue weighted by molar-refractivity contribution is 0.412. The topological polar surface area (TPSA) is 9.23 Å². The Morgan fingerprint density at radius 1 is 1.45 bits per heavy atom. The van der Waals surface area contributed by atoms with Crippen molar-refractivity contribution >= 4 is 15.9 Å². The fourth-order valence-corrected chi connectivity index (χ4v) is 1.52. The quantitative estimate of drug-likeness (QED) is 0.736. The molecule has 2 heteroatoms. The van der Waals surface area contributed by atoms with Crippen LogP contribution < -0.4 is 4.74 Å². The Balaban J connectivity index is 2.99. The fraction of sp³-hybridized carbons (Fsp3) is 0.333. The summed E-state index contributed by atoms with van der Waals surface area (Å²) in [5, 5.41) is 0. The third kappa shape index (κ3) is 1.96. The molecule has 1 aromatic rings. The summed E-state index contributed by atoms with van der Waals surface area (Å²) in [6.45, 7) is 2.13. The molecule has 0 amide bonds. The van der Waals surface area contributed by atoms with Gasteiger partial charge in [-0.25, -0.2) is 0 Å². The van der Waals surface area contributed by atoms with Crippen LogP contribution in [0.25, 0.3) is 0 Å². The van der Waals surface area contributed by atoms with Crippen molar-refractivity contribution in [3.8, 4) is 5.75 Å². The highest BCUT2D eigenvalue weighted by Crippen LogP contribution is 2.25. The molecule has 0 unspecified atom stereocenters. The van der Waals surface area contributed by atoms with Gasteiger partial charge in [-0.1, -0.05) is 13.0 Å². The SMILES string of the molecule is CCc1ccc(OC)c(Br)c1. The molecule has 11 heavy (non-hydrogen) atoms. The van der Waals surface area contributed by atoms with Gasteiger partial charge in [-0.3, -0.25) is 0 Å². The zero-order valence-electron chi connectivity index (χ0n) is 6.73. The summed E-state index contributed by atoms with van der Waals surface area (Å²) >= 11 is 3.42. The normalized spacial score (nSPS) is 9.73. The van der Waals surface area contributed by atoms with E-state index in [0.717, 1.165) is 16.6 Å². The van der Waals surface area contributed by atoms with Gasteiger partial charge in [-0.15, -0.1) is 0 Å². The number of methoxy groups -OCH3 is 1. The molecule has 0 saturated heterocycles. The largest absolute Gasteiger partial charge is 0.496 e. The van der Waals surface area contributed by atoms with Crippen LogP contribution in [0.5, 0.6) is 5.75 Å². The molecule has 1 nitrogen and oxygen atoms in total. The molecule has 0 fully saturated rings. The van der Waals surface area contributed by atoms with Crippen molar-refractivity contribution in [1.29, 1.82) is 0 Å². The number of aryl methyl sites for hydroxylation is 1. The minimum atomic E-state index is 0.891. The molecule has 0 bridgehead atoms. The number of hydrogen-bond donors (Lipinski definition) is 0. The monoisotopic (exact) mass is 214 g/mol. The Kier molecular flexibility index (Phi) is 2.94. The van der Waals surface area contributed by atoms with E-state index in [1.165, 1.54) is 5.56 Å². The lowest BCUT2D eigenvalue weighted by Crippen LogP contribution is -1.86. The van der Waals surface area contributed by atoms with Crippen molar-refractivity contribution in [1.82, 2.24) is 0 Å². The molecule has 0 aliphatic heterocycles. The highest BCUT2D eigenvalue weighted by molar-refractivity contribution is 9.10. The van der Waals surface area contributed by atoms with Crippen molar-refractivity contribution in [2.24, 2.45) is 0 Å². The number of benzene rings is 1. The van der Waals surface area contributed by atoms with Crippen molar-refractivity contribution < 1.29 is 4.74 Å². The number of hydrogen-bond acceptors (Lipinski definition) is 1. The summed E-state index contributed by atoms with van der Waals surface area (Å²) in [7, 11) is 1.67. The zero-order chi connectivity index (χ0) is 8.27. The average molecular weight is 215 g/mol. The molecule has 0 atom stereocenters. The predicted molar refractivity (Wildman–Crippen MR) is 50.1 cm³/mol. The molecule has 1 aromatic carbocycles. The molecular weight excluding hydrogens is 204 g/mol. The second-order valence-corrected chi connectivity index (χ2v) is 3.18. The van der Waals surface area contributed by atoms with Gasteiger partial charge in [0.15, 0.2) is 0 Å². The molecule has 0 spiro atoms. The zero-order valence-corrected chi connectivity index (χ0v) is 8.31. The third-order valence-corrected chi connectivity index (χ3v) is 2.24. The van der Waals surface area contributed by atoms with Gasteiger partial charge in [0.25, 0.3) is 0 Å². The van der Waals surface area contributed by atoms with Crippen LogP contribution in [-0.2, 0) is 6.42 Å². The van der Waals surface area contributed by atoms with Crippen LogP contribution in [0.3, 0.4) is 0 Å². The number of ether oxygens (including phenoxy) is 1. The molecule has 0 heterocycles. The van der Waals surface area contributed by atoms with Crippen LogP contribution in [0.4, 0.5) is 0 Å². The number of rotatable bonds is 2. The minimum Gasteiger partial charge on any atom is -0.496 e. The first-order chi connectivity index (χ1) is 5.27. The first-order valence-corrected chi connectivity index (χ1v) is 4.39. The molecule has 0 aliphatic rings. The molecule has 0 aliphatic carbocycles. The minimum absolute atomic E-state index is 0.891. The van der Waals surface area contributed by atoms with Gasteiger partial charge >= 0.3 is 0 Å². The highest BCUT2D eigenvalue weighted by atomic mass is 79.9. The van der Waals surface area contributed by atoms with Gasteiger partial charge in [0.2, 0.25) is 0 Å². The summed E-state index contributed by atoms with van der Waals surface area (Å²) in [6, 6.07) is 6.13. The van der Waals surface area contributed by atoms with Crippen LogP contribution in [0.15, 0.2) is 22.7 Å². The van der Waals surface area contributed by atoms with E-state index in [0.29, 0.717) is 0 Å². The highest BCUT2D eigenvalue weighted by Gasteiger charge is 1.98. The van der Waals surface area contributed by atoms with Gasteiger partial charge in [0.05, 0.1) is 11.6 Å². The van der Waals surface area contributed by atoms with Crippen molar-refractivity contribution in [2.75, 3.05) is 7.11 Å². The maximum atomic E-state index is 5.10. The van der Waals surface area contributed by atoms with E-state index in [1.54, 1.807) is 7.11 Å². The third-order valence-electron chi connectivity index (χ3n) is 1.62. The van der Waals surface area contributed by atoms with E-state index in [-0.39, 0.29) is 0 Å². The Hall–Kier alpha value is -0.500. The summed E-state index contributed by atoms with van der Waals surface area (Å²) in [6.07, 6.45) is 1.06. The van der Waals surface area contributed by atoms with E-state index in [2.05, 4.69) is 35.0 Å². The van der Waals surface area contributed by atoms with Crippen LogP contribution in [0.2, 0.25) is 0 Å². The van der Waals surface area contributed by atoms with E-state index >= 15 is 0 Å². The lowest BCUT2D eigenvalue weighted by Gasteiger charge is -2.03. The summed E-state index contributed by atoms with van der Waals surface area (Å²) < 4.78 is 6.12. The predicted octanol–water partition coefficient (Wildman–Crippen LogP) is 3.02. The second-order valence-electron chi connectivity index (χ2n) is 2.32. The number of halogens is 1. The van der Waals surface area contributed by atoms with E-state index < -0.39 is 0 Å². The first-order valence-electron chi connectivity index (χ1n) is 3.60. The van der Waals surface area contributed by atoms with E-state index in [4.69, 9.17) is 4.74 Å². The molecule has 1 rings (SSSR count). The molecule has 0 aromatic heterocycles. The maximum absolute atomic E-state index is 5.10. The van der Waals surface area contributed by atoms with Gasteiger partial charge in [-0.05, 0) is 40.0 Å². The Morgan fingerprint density at radius 2 is 2.18 bits per heavy atom. The van der Waals surface area contributed by atoms with E-state index in [9.17, 15) is 0 Å². The van der Waals surface area contributed by atoms with Crippen LogP contribution in [-0.4, -0.2) is 7.11 Å². The maximum Gasteiger partial charge on any atom is 0.133 e. The molecule has 60 valence electrons. The average Bonchev–Trinajstić information content (AvgIpc) is 2.04. The van der Waals surface area contributed by atoms with Crippen LogP contribution >= 0.6 is 15.9 Å². The molecular formula is C9H11BrO. The summed E-state index contributed by atoms with van der Waals surface area (Å²) in [5.41, 5.74) is 1.32. The first kappa shape index (κ1) is 8.60. The van der Waals surface area contributed by atoms with Crippen molar-refractivity contribution in [3.63, 3.8) is 0 Å². The van der Waals surface area contributed by atoms with Gasteiger partial charge < -0.3 is 4.74 Å². The Bertz CT molecular complexity index is 245. The van der Waals surface area contributed by atoms with Gasteiger partial charge in [0.1, 0.15) is 5.75 Å². The fourth-order valence-electron chi connectivity index (χ4n) is 0.930. The van der Waals surface area contributed by atoms with Crippen LogP contribution in [0.1, 0.15) is 12.5 Å². The van der Waals surface area contributed by atoms with E-state index in [1.807, 2.05) is 6.07 Å². The summed E-state index contributed by atoms with van der Waals surface area (Å²) in [4.78, 5) is 0. The molecule has 0 radical (unpaired) electrons. The Morgan fingerprint density at radius 3 is 2.64 bits per heavy atom. The standard InChI is InChI=1S/C9H11BrO/c1-3-7-4-5-9(11-2)8(10)6-7/h4-6H,3H2,1-2H3. The van der Waals surface area contributed by atoms with Gasteiger partial charge in [0, 0.05) is 0 Å².